The van der Waals surface area contributed by atoms with Gasteiger partial charge in [0, 0.05) is 25.2 Å². The fourth-order valence-electron chi connectivity index (χ4n) is 3.13. The number of nitrogens with two attached hydrogens (primary N) is 1. The number of hydrogen-bond acceptors (Lipinski definition) is 4. The first-order valence-corrected chi connectivity index (χ1v) is 9.63. The maximum absolute atomic E-state index is 13.6. The summed E-state index contributed by atoms with van der Waals surface area (Å²) in [5, 5.41) is 3.14. The molecule has 1 unspecified atom stereocenters. The second kappa shape index (κ2) is 7.14. The molecule has 1 heterocycles. The van der Waals surface area contributed by atoms with Crippen LogP contribution < -0.4 is 11.1 Å². The molecule has 1 fully saturated rings. The highest BCUT2D eigenvalue weighted by molar-refractivity contribution is 7.89. The van der Waals surface area contributed by atoms with Crippen LogP contribution in [-0.2, 0) is 10.0 Å². The van der Waals surface area contributed by atoms with Gasteiger partial charge in [0.05, 0.1) is 10.9 Å². The minimum atomic E-state index is -3.88. The predicted octanol–water partition coefficient (Wildman–Crippen LogP) is 1.57. The molecule has 0 radical (unpaired) electrons. The van der Waals surface area contributed by atoms with Crippen LogP contribution >= 0.6 is 0 Å². The van der Waals surface area contributed by atoms with Crippen molar-refractivity contribution < 1.29 is 17.6 Å². The zero-order valence-electron chi connectivity index (χ0n) is 14.3. The third kappa shape index (κ3) is 3.48. The van der Waals surface area contributed by atoms with E-state index < -0.39 is 27.8 Å². The topological polar surface area (TPSA) is 92.5 Å². The predicted molar refractivity (Wildman–Crippen MR) is 95.6 cm³/mol. The molecule has 1 amide bonds. The van der Waals surface area contributed by atoms with Crippen LogP contribution in [0.4, 0.5) is 4.39 Å². The summed E-state index contributed by atoms with van der Waals surface area (Å²) in [6, 6.07) is 9.70. The van der Waals surface area contributed by atoms with Crippen LogP contribution in [0.15, 0.2) is 47.4 Å². The van der Waals surface area contributed by atoms with Gasteiger partial charge in [-0.05, 0) is 42.3 Å². The summed E-state index contributed by atoms with van der Waals surface area (Å²) in [4.78, 5) is 11.6. The van der Waals surface area contributed by atoms with Gasteiger partial charge >= 0.3 is 0 Å². The fraction of sp³-hybridized carbons (Fsp3) is 0.278. The molecule has 8 heteroatoms. The smallest absolute Gasteiger partial charge is 0.249 e. The maximum Gasteiger partial charge on any atom is 0.249 e. The van der Waals surface area contributed by atoms with Crippen LogP contribution in [0.5, 0.6) is 0 Å². The SMILES string of the molecule is Cc1ccc(S(=O)(=O)N2CCNCC2c2cccc(F)c2)cc1C(N)=O. The van der Waals surface area contributed by atoms with Crippen LogP contribution in [0.1, 0.15) is 27.5 Å². The van der Waals surface area contributed by atoms with Gasteiger partial charge in [-0.3, -0.25) is 4.79 Å². The molecule has 26 heavy (non-hydrogen) atoms. The molecule has 0 saturated carbocycles. The average molecular weight is 377 g/mol. The van der Waals surface area contributed by atoms with Crippen LogP contribution in [0, 0.1) is 12.7 Å². The minimum Gasteiger partial charge on any atom is -0.366 e. The molecule has 1 aliphatic rings. The number of piperazine rings is 1. The first-order chi connectivity index (χ1) is 12.3. The third-order valence-corrected chi connectivity index (χ3v) is 6.41. The lowest BCUT2D eigenvalue weighted by molar-refractivity contribution is 0.0999. The Morgan fingerprint density at radius 3 is 2.73 bits per heavy atom. The van der Waals surface area contributed by atoms with Gasteiger partial charge < -0.3 is 11.1 Å². The van der Waals surface area contributed by atoms with Gasteiger partial charge in [0.2, 0.25) is 15.9 Å². The maximum atomic E-state index is 13.6. The van der Waals surface area contributed by atoms with Crippen LogP contribution in [-0.4, -0.2) is 38.3 Å². The molecule has 1 atom stereocenters. The molecule has 0 aliphatic carbocycles. The molecule has 0 bridgehead atoms. The van der Waals surface area contributed by atoms with E-state index in [4.69, 9.17) is 5.73 Å². The van der Waals surface area contributed by atoms with E-state index in [-0.39, 0.29) is 17.0 Å². The summed E-state index contributed by atoms with van der Waals surface area (Å²) in [6.45, 7) is 2.79. The molecule has 1 saturated heterocycles. The standard InChI is InChI=1S/C18H20FN3O3S/c1-12-5-6-15(10-16(12)18(20)23)26(24,25)22-8-7-21-11-17(22)13-3-2-4-14(19)9-13/h2-6,9-10,17,21H,7-8,11H2,1H3,(H2,20,23). The van der Waals surface area contributed by atoms with E-state index in [0.717, 1.165) is 0 Å². The second-order valence-electron chi connectivity index (χ2n) is 6.23. The van der Waals surface area contributed by atoms with E-state index >= 15 is 0 Å². The first-order valence-electron chi connectivity index (χ1n) is 8.19. The monoisotopic (exact) mass is 377 g/mol. The van der Waals surface area contributed by atoms with E-state index in [2.05, 4.69) is 5.32 Å². The van der Waals surface area contributed by atoms with Crippen molar-refractivity contribution in [3.63, 3.8) is 0 Å². The first kappa shape index (κ1) is 18.5. The molecule has 3 rings (SSSR count). The molecule has 2 aromatic rings. The Hall–Kier alpha value is -2.29. The van der Waals surface area contributed by atoms with Crippen molar-refractivity contribution in [3.05, 3.63) is 65.0 Å². The van der Waals surface area contributed by atoms with E-state index in [1.165, 1.54) is 28.6 Å². The highest BCUT2D eigenvalue weighted by atomic mass is 32.2. The largest absolute Gasteiger partial charge is 0.366 e. The van der Waals surface area contributed by atoms with E-state index in [1.807, 2.05) is 0 Å². The molecule has 6 nitrogen and oxygen atoms in total. The third-order valence-electron chi connectivity index (χ3n) is 4.51. The van der Waals surface area contributed by atoms with Gasteiger partial charge in [-0.25, -0.2) is 12.8 Å². The van der Waals surface area contributed by atoms with Gasteiger partial charge in [0.1, 0.15) is 5.82 Å². The van der Waals surface area contributed by atoms with Gasteiger partial charge in [-0.15, -0.1) is 0 Å². The Morgan fingerprint density at radius 1 is 1.27 bits per heavy atom. The summed E-state index contributed by atoms with van der Waals surface area (Å²) in [5.41, 5.74) is 6.69. The highest BCUT2D eigenvalue weighted by Gasteiger charge is 2.35. The average Bonchev–Trinajstić information content (AvgIpc) is 2.61. The fourth-order valence-corrected chi connectivity index (χ4v) is 4.77. The molecule has 2 aromatic carbocycles. The molecular formula is C18H20FN3O3S. The Labute approximate surface area is 151 Å². The van der Waals surface area contributed by atoms with Crippen LogP contribution in [0.3, 0.4) is 0 Å². The van der Waals surface area contributed by atoms with Crippen molar-refractivity contribution in [3.8, 4) is 0 Å². The number of halogens is 1. The summed E-state index contributed by atoms with van der Waals surface area (Å²) < 4.78 is 41.3. The number of carbonyl (C=O) groups is 1. The lowest BCUT2D eigenvalue weighted by atomic mass is 10.1. The molecule has 1 aliphatic heterocycles. The van der Waals surface area contributed by atoms with Crippen LogP contribution in [0.25, 0.3) is 0 Å². The van der Waals surface area contributed by atoms with Gasteiger partial charge in [0.25, 0.3) is 0 Å². The Kier molecular flexibility index (Phi) is 5.08. The number of primary amides is 1. The number of sulfonamides is 1. The quantitative estimate of drug-likeness (QED) is 0.846. The number of nitrogens with one attached hydrogen (secondary N) is 1. The van der Waals surface area contributed by atoms with Crippen molar-refractivity contribution >= 4 is 15.9 Å². The Balaban J connectivity index is 2.04. The highest BCUT2D eigenvalue weighted by Crippen LogP contribution is 2.30. The Bertz CT molecular complexity index is 946. The van der Waals surface area contributed by atoms with Gasteiger partial charge in [-0.2, -0.15) is 4.31 Å². The lowest BCUT2D eigenvalue weighted by Crippen LogP contribution is -2.48. The zero-order chi connectivity index (χ0) is 18.9. The molecular weight excluding hydrogens is 357 g/mol. The number of nitrogens with zero attached hydrogens (tertiary/aromatic N) is 1. The number of carbonyl (C=O) groups excluding carboxylic acids is 1. The number of benzene rings is 2. The summed E-state index contributed by atoms with van der Waals surface area (Å²) >= 11 is 0. The van der Waals surface area contributed by atoms with Crippen molar-refractivity contribution in [2.24, 2.45) is 5.73 Å². The number of rotatable bonds is 4. The Morgan fingerprint density at radius 2 is 2.04 bits per heavy atom. The van der Waals surface area contributed by atoms with E-state index in [0.29, 0.717) is 24.2 Å². The van der Waals surface area contributed by atoms with Crippen molar-refractivity contribution in [2.45, 2.75) is 17.9 Å². The molecule has 0 aromatic heterocycles. The second-order valence-corrected chi connectivity index (χ2v) is 8.12. The number of aryl methyl sites for hydroxylation is 1. The minimum absolute atomic E-state index is 0.000188. The normalized spacial score (nSPS) is 18.6. The van der Waals surface area contributed by atoms with Crippen LogP contribution in [0.2, 0.25) is 0 Å². The van der Waals surface area contributed by atoms with Crippen molar-refractivity contribution in [2.75, 3.05) is 19.6 Å². The van der Waals surface area contributed by atoms with Crippen molar-refractivity contribution in [1.82, 2.24) is 9.62 Å². The summed E-state index contributed by atoms with van der Waals surface area (Å²) in [7, 11) is -3.88. The van der Waals surface area contributed by atoms with Gasteiger partial charge in [-0.1, -0.05) is 18.2 Å². The van der Waals surface area contributed by atoms with E-state index in [1.54, 1.807) is 25.1 Å². The number of amides is 1. The summed E-state index contributed by atoms with van der Waals surface area (Å²) in [5.74, 6) is -1.10. The molecule has 3 N–H and O–H groups in total. The van der Waals surface area contributed by atoms with Gasteiger partial charge in [0.15, 0.2) is 0 Å². The zero-order valence-corrected chi connectivity index (χ0v) is 15.1. The van der Waals surface area contributed by atoms with E-state index in [9.17, 15) is 17.6 Å². The van der Waals surface area contributed by atoms with Crippen molar-refractivity contribution in [1.29, 1.82) is 0 Å². The number of hydrogen-bond donors (Lipinski definition) is 2. The lowest BCUT2D eigenvalue weighted by Gasteiger charge is -2.35. The summed E-state index contributed by atoms with van der Waals surface area (Å²) in [6.07, 6.45) is 0. The molecule has 0 spiro atoms. The molecule has 138 valence electrons.